The topological polar surface area (TPSA) is 23.5 Å². The highest BCUT2D eigenvalue weighted by Crippen LogP contribution is 2.30. The number of nitrogens with zero attached hydrogens (tertiary/aromatic N) is 1. The van der Waals surface area contributed by atoms with Gasteiger partial charge in [-0.2, -0.15) is 0 Å². The number of aliphatic hydroxyl groups is 1. The molecule has 2 nitrogen and oxygen atoms in total. The van der Waals surface area contributed by atoms with E-state index in [2.05, 4.69) is 0 Å². The van der Waals surface area contributed by atoms with Gasteiger partial charge in [-0.1, -0.05) is 24.3 Å². The molecule has 20 heavy (non-hydrogen) atoms. The van der Waals surface area contributed by atoms with E-state index in [0.717, 1.165) is 0 Å². The molecule has 0 amide bonds. The van der Waals surface area contributed by atoms with Crippen LogP contribution in [0.1, 0.15) is 24.1 Å². The van der Waals surface area contributed by atoms with E-state index in [-0.39, 0.29) is 17.4 Å². The number of benzene rings is 2. The molecular weight excluding hydrogens is 260 g/mol. The van der Waals surface area contributed by atoms with Crippen molar-refractivity contribution >= 4 is 5.69 Å². The lowest BCUT2D eigenvalue weighted by molar-refractivity contribution is 0.276. The van der Waals surface area contributed by atoms with Crippen molar-refractivity contribution in [3.8, 4) is 0 Å². The third-order valence-corrected chi connectivity index (χ3v) is 3.57. The average molecular weight is 277 g/mol. The Morgan fingerprint density at radius 1 is 1.05 bits per heavy atom. The quantitative estimate of drug-likeness (QED) is 0.922. The van der Waals surface area contributed by atoms with Crippen LogP contribution in [0.25, 0.3) is 0 Å². The number of aliphatic hydroxyl groups excluding tert-OH is 1. The summed E-state index contributed by atoms with van der Waals surface area (Å²) in [6.07, 6.45) is 0. The number of hydrogen-bond acceptors (Lipinski definition) is 2. The number of halogens is 2. The lowest BCUT2D eigenvalue weighted by Gasteiger charge is -2.29. The van der Waals surface area contributed by atoms with E-state index in [1.165, 1.54) is 12.1 Å². The normalized spacial score (nSPS) is 12.2. The highest BCUT2D eigenvalue weighted by Gasteiger charge is 2.19. The lowest BCUT2D eigenvalue weighted by Crippen LogP contribution is -2.24. The second kappa shape index (κ2) is 6.01. The van der Waals surface area contributed by atoms with E-state index < -0.39 is 12.4 Å². The van der Waals surface area contributed by atoms with Crippen molar-refractivity contribution in [1.82, 2.24) is 0 Å². The van der Waals surface area contributed by atoms with Gasteiger partial charge in [0.2, 0.25) is 0 Å². The molecule has 0 radical (unpaired) electrons. The summed E-state index contributed by atoms with van der Waals surface area (Å²) in [7, 11) is 1.76. The van der Waals surface area contributed by atoms with Crippen LogP contribution in [0.5, 0.6) is 0 Å². The van der Waals surface area contributed by atoms with Crippen LogP contribution in [0.2, 0.25) is 0 Å². The second-order valence-electron chi connectivity index (χ2n) is 4.70. The largest absolute Gasteiger partial charge is 0.391 e. The van der Waals surface area contributed by atoms with Crippen LogP contribution in [0.15, 0.2) is 42.5 Å². The van der Waals surface area contributed by atoms with E-state index in [9.17, 15) is 13.9 Å². The van der Waals surface area contributed by atoms with Gasteiger partial charge in [0, 0.05) is 23.9 Å². The van der Waals surface area contributed by atoms with Gasteiger partial charge in [-0.25, -0.2) is 8.78 Å². The van der Waals surface area contributed by atoms with Crippen molar-refractivity contribution in [2.75, 3.05) is 11.9 Å². The molecule has 1 N–H and O–H groups in total. The third-order valence-electron chi connectivity index (χ3n) is 3.57. The minimum atomic E-state index is -0.461. The molecule has 0 fully saturated rings. The first kappa shape index (κ1) is 14.5. The molecule has 2 aromatic carbocycles. The van der Waals surface area contributed by atoms with Crippen LogP contribution in [0.4, 0.5) is 14.5 Å². The van der Waals surface area contributed by atoms with Gasteiger partial charge < -0.3 is 10.0 Å². The first-order valence-electron chi connectivity index (χ1n) is 6.41. The standard InChI is InChI=1S/C16H17F2NO/c1-11(12-6-3-4-7-14(12)17)19(2)16-9-5-8-15(18)13(16)10-20/h3-9,11,20H,10H2,1-2H3. The molecular formula is C16H17F2NO. The van der Waals surface area contributed by atoms with Gasteiger partial charge in [0.25, 0.3) is 0 Å². The lowest BCUT2D eigenvalue weighted by atomic mass is 10.0. The number of hydrogen-bond donors (Lipinski definition) is 1. The van der Waals surface area contributed by atoms with E-state index in [1.54, 1.807) is 42.3 Å². The Morgan fingerprint density at radius 2 is 1.70 bits per heavy atom. The zero-order chi connectivity index (χ0) is 14.7. The molecule has 0 aliphatic carbocycles. The van der Waals surface area contributed by atoms with Crippen molar-refractivity contribution < 1.29 is 13.9 Å². The fourth-order valence-electron chi connectivity index (χ4n) is 2.27. The van der Waals surface area contributed by atoms with Gasteiger partial charge in [0.15, 0.2) is 0 Å². The summed E-state index contributed by atoms with van der Waals surface area (Å²) in [6.45, 7) is 1.45. The van der Waals surface area contributed by atoms with Gasteiger partial charge in [0.1, 0.15) is 11.6 Å². The molecule has 1 atom stereocenters. The molecule has 2 aromatic rings. The summed E-state index contributed by atoms with van der Waals surface area (Å²) >= 11 is 0. The first-order valence-corrected chi connectivity index (χ1v) is 6.41. The van der Waals surface area contributed by atoms with Crippen LogP contribution in [0.3, 0.4) is 0 Å². The van der Waals surface area contributed by atoms with Gasteiger partial charge in [0.05, 0.1) is 12.6 Å². The molecule has 0 aliphatic rings. The van der Waals surface area contributed by atoms with Gasteiger partial charge >= 0.3 is 0 Å². The second-order valence-corrected chi connectivity index (χ2v) is 4.70. The Hall–Kier alpha value is -1.94. The van der Waals surface area contributed by atoms with Crippen LogP contribution < -0.4 is 4.90 Å². The summed E-state index contributed by atoms with van der Waals surface area (Å²) in [5.41, 5.74) is 1.31. The molecule has 0 aromatic heterocycles. The van der Waals surface area contributed by atoms with E-state index in [1.807, 2.05) is 6.92 Å². The van der Waals surface area contributed by atoms with Gasteiger partial charge in [-0.15, -0.1) is 0 Å². The molecule has 0 aliphatic heterocycles. The van der Waals surface area contributed by atoms with Crippen molar-refractivity contribution in [2.24, 2.45) is 0 Å². The van der Waals surface area contributed by atoms with E-state index in [4.69, 9.17) is 0 Å². The summed E-state index contributed by atoms with van der Waals surface area (Å²) in [5, 5.41) is 9.31. The van der Waals surface area contributed by atoms with Crippen molar-refractivity contribution in [1.29, 1.82) is 0 Å². The minimum Gasteiger partial charge on any atom is -0.391 e. The maximum absolute atomic E-state index is 13.8. The SMILES string of the molecule is CC(c1ccccc1F)N(C)c1cccc(F)c1CO. The third kappa shape index (κ3) is 2.65. The zero-order valence-corrected chi connectivity index (χ0v) is 11.5. The van der Waals surface area contributed by atoms with Crippen molar-refractivity contribution in [2.45, 2.75) is 19.6 Å². The highest BCUT2D eigenvalue weighted by atomic mass is 19.1. The molecule has 106 valence electrons. The average Bonchev–Trinajstić information content (AvgIpc) is 2.46. The maximum Gasteiger partial charge on any atom is 0.130 e. The Kier molecular flexibility index (Phi) is 4.35. The Morgan fingerprint density at radius 3 is 2.35 bits per heavy atom. The summed E-state index contributed by atoms with van der Waals surface area (Å²) in [4.78, 5) is 1.76. The van der Waals surface area contributed by atoms with Crippen LogP contribution >= 0.6 is 0 Å². The van der Waals surface area contributed by atoms with E-state index >= 15 is 0 Å². The molecule has 4 heteroatoms. The predicted octanol–water partition coefficient (Wildman–Crippen LogP) is 3.65. The predicted molar refractivity (Wildman–Crippen MR) is 75.5 cm³/mol. The fraction of sp³-hybridized carbons (Fsp3) is 0.250. The van der Waals surface area contributed by atoms with Crippen LogP contribution in [0, 0.1) is 11.6 Å². The van der Waals surface area contributed by atoms with Gasteiger partial charge in [-0.3, -0.25) is 0 Å². The maximum atomic E-state index is 13.8. The first-order chi connectivity index (χ1) is 9.56. The summed E-state index contributed by atoms with van der Waals surface area (Å²) in [6, 6.07) is 10.8. The molecule has 0 saturated heterocycles. The zero-order valence-electron chi connectivity index (χ0n) is 11.5. The molecule has 0 saturated carbocycles. The molecule has 1 unspecified atom stereocenters. The Bertz CT molecular complexity index is 601. The summed E-state index contributed by atoms with van der Waals surface area (Å²) in [5.74, 6) is -0.758. The number of anilines is 1. The van der Waals surface area contributed by atoms with Crippen LogP contribution in [-0.2, 0) is 6.61 Å². The van der Waals surface area contributed by atoms with Crippen molar-refractivity contribution in [3.05, 3.63) is 65.2 Å². The highest BCUT2D eigenvalue weighted by molar-refractivity contribution is 5.55. The number of rotatable bonds is 4. The van der Waals surface area contributed by atoms with Crippen LogP contribution in [-0.4, -0.2) is 12.2 Å². The molecule has 0 heterocycles. The minimum absolute atomic E-state index is 0.221. The summed E-state index contributed by atoms with van der Waals surface area (Å²) < 4.78 is 27.5. The molecule has 0 spiro atoms. The van der Waals surface area contributed by atoms with Crippen molar-refractivity contribution in [3.63, 3.8) is 0 Å². The monoisotopic (exact) mass is 277 g/mol. The molecule has 0 bridgehead atoms. The van der Waals surface area contributed by atoms with Gasteiger partial charge in [-0.05, 0) is 25.1 Å². The smallest absolute Gasteiger partial charge is 0.130 e. The fourth-order valence-corrected chi connectivity index (χ4v) is 2.27. The van der Waals surface area contributed by atoms with E-state index in [0.29, 0.717) is 11.3 Å². The Balaban J connectivity index is 2.39. The molecule has 2 rings (SSSR count). The Labute approximate surface area is 117 Å².